The summed E-state index contributed by atoms with van der Waals surface area (Å²) in [4.78, 5) is 20.0. The number of nitrogens with zero attached hydrogens (tertiary/aromatic N) is 1. The molecule has 134 valence electrons. The largest absolute Gasteiger partial charge is 0.454 e. The van der Waals surface area contributed by atoms with Gasteiger partial charge in [-0.3, -0.25) is 4.79 Å². The first-order valence-electron chi connectivity index (χ1n) is 8.40. The molecule has 0 fully saturated rings. The Morgan fingerprint density at radius 3 is 3.00 bits per heavy atom. The number of amides is 1. The standard InChI is InChI=1S/C19H19N3O3S/c1-12(19-21-14-4-2-3-5-15(14)22-19)26-10-18(23)20-9-13-6-7-16-17(8-13)25-11-24-16/h2-8,12H,9-11H2,1H3,(H,20,23)(H,21,22). The third kappa shape index (κ3) is 3.62. The molecule has 1 aromatic heterocycles. The summed E-state index contributed by atoms with van der Waals surface area (Å²) in [5, 5.41) is 3.05. The molecule has 2 heterocycles. The molecule has 0 saturated carbocycles. The van der Waals surface area contributed by atoms with Crippen molar-refractivity contribution in [3.63, 3.8) is 0 Å². The Morgan fingerprint density at radius 2 is 2.12 bits per heavy atom. The molecule has 1 unspecified atom stereocenters. The van der Waals surface area contributed by atoms with E-state index in [1.54, 1.807) is 11.8 Å². The fourth-order valence-electron chi connectivity index (χ4n) is 2.75. The van der Waals surface area contributed by atoms with Crippen LogP contribution in [-0.2, 0) is 11.3 Å². The van der Waals surface area contributed by atoms with E-state index in [4.69, 9.17) is 9.47 Å². The number of hydrogen-bond donors (Lipinski definition) is 2. The summed E-state index contributed by atoms with van der Waals surface area (Å²) in [5.41, 5.74) is 2.95. The smallest absolute Gasteiger partial charge is 0.231 e. The lowest BCUT2D eigenvalue weighted by molar-refractivity contribution is -0.118. The maximum absolute atomic E-state index is 12.1. The van der Waals surface area contributed by atoms with Crippen molar-refractivity contribution >= 4 is 28.7 Å². The van der Waals surface area contributed by atoms with Crippen molar-refractivity contribution in [1.29, 1.82) is 0 Å². The highest BCUT2D eigenvalue weighted by atomic mass is 32.2. The molecular formula is C19H19N3O3S. The molecule has 0 radical (unpaired) electrons. The molecule has 1 aliphatic heterocycles. The molecular weight excluding hydrogens is 350 g/mol. The summed E-state index contributed by atoms with van der Waals surface area (Å²) < 4.78 is 10.6. The summed E-state index contributed by atoms with van der Waals surface area (Å²) in [6, 6.07) is 13.6. The average Bonchev–Trinajstić information content (AvgIpc) is 3.30. The van der Waals surface area contributed by atoms with Crippen LogP contribution in [0.2, 0.25) is 0 Å². The molecule has 0 spiro atoms. The monoisotopic (exact) mass is 369 g/mol. The van der Waals surface area contributed by atoms with Crippen LogP contribution in [-0.4, -0.2) is 28.4 Å². The lowest BCUT2D eigenvalue weighted by atomic mass is 10.2. The van der Waals surface area contributed by atoms with E-state index < -0.39 is 0 Å². The summed E-state index contributed by atoms with van der Waals surface area (Å²) in [6.45, 7) is 2.77. The first-order chi connectivity index (χ1) is 12.7. The first-order valence-corrected chi connectivity index (χ1v) is 9.45. The lowest BCUT2D eigenvalue weighted by Gasteiger charge is -2.09. The van der Waals surface area contributed by atoms with E-state index in [-0.39, 0.29) is 18.0 Å². The third-order valence-corrected chi connectivity index (χ3v) is 5.34. The molecule has 0 bridgehead atoms. The van der Waals surface area contributed by atoms with Gasteiger partial charge in [-0.05, 0) is 36.8 Å². The number of hydrogen-bond acceptors (Lipinski definition) is 5. The summed E-state index contributed by atoms with van der Waals surface area (Å²) in [5.74, 6) is 2.73. The van der Waals surface area contributed by atoms with Gasteiger partial charge in [-0.15, -0.1) is 11.8 Å². The van der Waals surface area contributed by atoms with Crippen LogP contribution >= 0.6 is 11.8 Å². The van der Waals surface area contributed by atoms with Gasteiger partial charge >= 0.3 is 0 Å². The molecule has 1 atom stereocenters. The van der Waals surface area contributed by atoms with Gasteiger partial charge in [-0.25, -0.2) is 4.98 Å². The van der Waals surface area contributed by atoms with Gasteiger partial charge in [0, 0.05) is 6.54 Å². The van der Waals surface area contributed by atoms with Gasteiger partial charge in [0.25, 0.3) is 0 Å². The molecule has 1 amide bonds. The second kappa shape index (κ2) is 7.29. The van der Waals surface area contributed by atoms with Crippen LogP contribution in [0.25, 0.3) is 11.0 Å². The van der Waals surface area contributed by atoms with Crippen LogP contribution in [0.15, 0.2) is 42.5 Å². The van der Waals surface area contributed by atoms with E-state index in [2.05, 4.69) is 15.3 Å². The van der Waals surface area contributed by atoms with Gasteiger partial charge in [0.15, 0.2) is 11.5 Å². The topological polar surface area (TPSA) is 76.2 Å². The van der Waals surface area contributed by atoms with E-state index in [0.717, 1.165) is 33.9 Å². The van der Waals surface area contributed by atoms with E-state index in [1.807, 2.05) is 49.4 Å². The van der Waals surface area contributed by atoms with Crippen molar-refractivity contribution in [2.75, 3.05) is 12.5 Å². The summed E-state index contributed by atoms with van der Waals surface area (Å²) in [6.07, 6.45) is 0. The van der Waals surface area contributed by atoms with Crippen molar-refractivity contribution in [2.24, 2.45) is 0 Å². The lowest BCUT2D eigenvalue weighted by Crippen LogP contribution is -2.24. The molecule has 0 aliphatic carbocycles. The Morgan fingerprint density at radius 1 is 1.27 bits per heavy atom. The second-order valence-corrected chi connectivity index (χ2v) is 7.39. The third-order valence-electron chi connectivity index (χ3n) is 4.18. The van der Waals surface area contributed by atoms with Crippen molar-refractivity contribution in [3.8, 4) is 11.5 Å². The minimum absolute atomic E-state index is 0.00405. The Hall–Kier alpha value is -2.67. The zero-order valence-electron chi connectivity index (χ0n) is 14.3. The van der Waals surface area contributed by atoms with E-state index >= 15 is 0 Å². The Kier molecular flexibility index (Phi) is 4.71. The number of benzene rings is 2. The number of ether oxygens (including phenoxy) is 2. The molecule has 26 heavy (non-hydrogen) atoms. The molecule has 6 nitrogen and oxygen atoms in total. The van der Waals surface area contributed by atoms with E-state index in [0.29, 0.717) is 12.3 Å². The SMILES string of the molecule is CC(SCC(=O)NCc1ccc2c(c1)OCO2)c1nc2ccccc2[nH]1. The Balaban J connectivity index is 1.28. The molecule has 0 saturated heterocycles. The molecule has 2 aromatic carbocycles. The number of para-hydroxylation sites is 2. The van der Waals surface area contributed by atoms with Gasteiger partial charge in [0.1, 0.15) is 5.82 Å². The Bertz CT molecular complexity index is 908. The number of H-pyrrole nitrogens is 1. The predicted molar refractivity (Wildman–Crippen MR) is 101 cm³/mol. The Labute approximate surface area is 155 Å². The molecule has 3 aromatic rings. The van der Waals surface area contributed by atoms with Crippen LogP contribution in [0.3, 0.4) is 0 Å². The first kappa shape index (κ1) is 16.8. The van der Waals surface area contributed by atoms with Crippen molar-refractivity contribution in [1.82, 2.24) is 15.3 Å². The van der Waals surface area contributed by atoms with Gasteiger partial charge in [-0.1, -0.05) is 18.2 Å². The van der Waals surface area contributed by atoms with E-state index in [1.165, 1.54) is 0 Å². The normalized spacial score (nSPS) is 13.7. The number of imidazole rings is 1. The van der Waals surface area contributed by atoms with Gasteiger partial charge < -0.3 is 19.8 Å². The van der Waals surface area contributed by atoms with Crippen molar-refractivity contribution in [3.05, 3.63) is 53.9 Å². The summed E-state index contributed by atoms with van der Waals surface area (Å²) in [7, 11) is 0. The number of carbonyl (C=O) groups excluding carboxylic acids is 1. The number of aromatic amines is 1. The minimum atomic E-state index is -0.00405. The van der Waals surface area contributed by atoms with Crippen molar-refractivity contribution < 1.29 is 14.3 Å². The molecule has 7 heteroatoms. The average molecular weight is 369 g/mol. The number of rotatable bonds is 6. The van der Waals surface area contributed by atoms with Crippen LogP contribution in [0.5, 0.6) is 11.5 Å². The summed E-state index contributed by atoms with van der Waals surface area (Å²) >= 11 is 1.56. The highest BCUT2D eigenvalue weighted by molar-refractivity contribution is 8.00. The number of thioether (sulfide) groups is 1. The quantitative estimate of drug-likeness (QED) is 0.696. The van der Waals surface area contributed by atoms with Crippen molar-refractivity contribution in [2.45, 2.75) is 18.7 Å². The van der Waals surface area contributed by atoms with Gasteiger partial charge in [0.05, 0.1) is 22.0 Å². The number of aromatic nitrogens is 2. The van der Waals surface area contributed by atoms with Crippen LogP contribution < -0.4 is 14.8 Å². The zero-order valence-corrected chi connectivity index (χ0v) is 15.1. The van der Waals surface area contributed by atoms with E-state index in [9.17, 15) is 4.79 Å². The predicted octanol–water partition coefficient (Wildman–Crippen LogP) is 3.40. The fraction of sp³-hybridized carbons (Fsp3) is 0.263. The maximum atomic E-state index is 12.1. The maximum Gasteiger partial charge on any atom is 0.231 e. The fourth-order valence-corrected chi connectivity index (χ4v) is 3.52. The van der Waals surface area contributed by atoms with Gasteiger partial charge in [-0.2, -0.15) is 0 Å². The van der Waals surface area contributed by atoms with Crippen LogP contribution in [0.4, 0.5) is 0 Å². The highest BCUT2D eigenvalue weighted by Gasteiger charge is 2.15. The van der Waals surface area contributed by atoms with Crippen LogP contribution in [0.1, 0.15) is 23.6 Å². The molecule has 2 N–H and O–H groups in total. The van der Waals surface area contributed by atoms with Crippen LogP contribution in [0, 0.1) is 0 Å². The zero-order chi connectivity index (χ0) is 17.9. The minimum Gasteiger partial charge on any atom is -0.454 e. The number of carbonyl (C=O) groups is 1. The molecule has 4 rings (SSSR count). The number of fused-ring (bicyclic) bond motifs is 2. The van der Waals surface area contributed by atoms with Gasteiger partial charge in [0.2, 0.25) is 12.7 Å². The number of nitrogens with one attached hydrogen (secondary N) is 2. The highest BCUT2D eigenvalue weighted by Crippen LogP contribution is 2.32. The second-order valence-electron chi connectivity index (χ2n) is 6.06. The molecule has 1 aliphatic rings.